The van der Waals surface area contributed by atoms with Crippen LogP contribution in [0.3, 0.4) is 0 Å². The van der Waals surface area contributed by atoms with Crippen LogP contribution in [-0.2, 0) is 4.74 Å². The summed E-state index contributed by atoms with van der Waals surface area (Å²) in [5.74, 6) is -0.952. The van der Waals surface area contributed by atoms with Crippen molar-refractivity contribution < 1.29 is 28.8 Å². The molecule has 0 radical (unpaired) electrons. The van der Waals surface area contributed by atoms with Gasteiger partial charge >= 0.3 is 11.9 Å². The van der Waals surface area contributed by atoms with Gasteiger partial charge in [-0.1, -0.05) is 0 Å². The summed E-state index contributed by atoms with van der Waals surface area (Å²) in [6.45, 7) is 11.5. The Morgan fingerprint density at radius 2 is 1.78 bits per heavy atom. The number of hydrogen-bond acceptors (Lipinski definition) is 5. The number of nitrogens with one attached hydrogen (secondary N) is 2. The van der Waals surface area contributed by atoms with Crippen LogP contribution in [0.25, 0.3) is 33.4 Å². The fourth-order valence-corrected chi connectivity index (χ4v) is 4.52. The first kappa shape index (κ1) is 25.0. The zero-order valence-electron chi connectivity index (χ0n) is 21.2. The highest BCUT2D eigenvalue weighted by atomic mass is 16.5. The molecule has 2 aromatic rings. The van der Waals surface area contributed by atoms with Gasteiger partial charge in [-0.15, -0.1) is 0 Å². The molecule has 2 aromatic carbocycles. The molecule has 3 N–H and O–H groups in total. The maximum atomic E-state index is 13.0. The number of ether oxygens (including phenoxy) is 1. The van der Waals surface area contributed by atoms with Crippen molar-refractivity contribution in [2.75, 3.05) is 25.0 Å². The molecule has 0 bridgehead atoms. The van der Waals surface area contributed by atoms with Crippen molar-refractivity contribution in [3.05, 3.63) is 70.1 Å². The number of carboxylic acid groups (broad SMARTS) is 1. The first-order chi connectivity index (χ1) is 17.3. The minimum atomic E-state index is -1.07. The van der Waals surface area contributed by atoms with Crippen LogP contribution in [0.1, 0.15) is 52.6 Å². The Kier molecular flexibility index (Phi) is 7.10. The lowest BCUT2D eigenvalue weighted by Gasteiger charge is -2.19. The first-order valence-corrected chi connectivity index (χ1v) is 12.2. The van der Waals surface area contributed by atoms with E-state index in [1.807, 2.05) is 52.0 Å². The zero-order chi connectivity index (χ0) is 26.0. The molecule has 1 aliphatic heterocycles. The number of aryl methyl sites for hydroxylation is 2. The molecule has 0 atom stereocenters. The summed E-state index contributed by atoms with van der Waals surface area (Å²) in [7, 11) is 0. The van der Waals surface area contributed by atoms with Crippen molar-refractivity contribution in [2.24, 2.45) is 0 Å². The molecule has 2 aliphatic rings. The van der Waals surface area contributed by atoms with Crippen LogP contribution in [0.4, 0.5) is 5.69 Å². The lowest BCUT2D eigenvalue weighted by molar-refractivity contribution is -0.496. The summed E-state index contributed by atoms with van der Waals surface area (Å²) in [4.78, 5) is 28.3. The van der Waals surface area contributed by atoms with Crippen molar-refractivity contribution in [2.45, 2.75) is 34.6 Å². The third-order valence-corrected chi connectivity index (χ3v) is 6.18. The number of carboxylic acids is 1. The average Bonchev–Trinajstić information content (AvgIpc) is 2.84. The van der Waals surface area contributed by atoms with Gasteiger partial charge in [0.1, 0.15) is 17.9 Å². The Balaban J connectivity index is 2.21. The van der Waals surface area contributed by atoms with Crippen molar-refractivity contribution in [1.82, 2.24) is 0 Å². The molecule has 7 heteroatoms. The number of esters is 1. The van der Waals surface area contributed by atoms with Gasteiger partial charge in [-0.2, -0.15) is 0 Å². The maximum absolute atomic E-state index is 13.0. The molecule has 1 heterocycles. The van der Waals surface area contributed by atoms with E-state index >= 15 is 0 Å². The van der Waals surface area contributed by atoms with Crippen LogP contribution in [0, 0.1) is 13.8 Å². The van der Waals surface area contributed by atoms with Crippen molar-refractivity contribution in [3.8, 4) is 22.5 Å². The van der Waals surface area contributed by atoms with Gasteiger partial charge in [0.05, 0.1) is 23.8 Å². The van der Waals surface area contributed by atoms with E-state index in [2.05, 4.69) is 10.3 Å². The highest BCUT2D eigenvalue weighted by molar-refractivity contribution is 6.09. The third-order valence-electron chi connectivity index (χ3n) is 6.18. The lowest BCUT2D eigenvalue weighted by Crippen LogP contribution is -2.76. The molecular weight excluding hydrogens is 456 g/mol. The summed E-state index contributed by atoms with van der Waals surface area (Å²) in [5.41, 5.74) is 5.98. The number of rotatable bonds is 7. The molecule has 0 amide bonds. The fourth-order valence-electron chi connectivity index (χ4n) is 4.52. The van der Waals surface area contributed by atoms with E-state index < -0.39 is 11.9 Å². The van der Waals surface area contributed by atoms with Gasteiger partial charge in [0.25, 0.3) is 0 Å². The summed E-state index contributed by atoms with van der Waals surface area (Å²) in [5, 5.41) is 14.8. The van der Waals surface area contributed by atoms with Gasteiger partial charge in [-0.25, -0.2) is 14.6 Å². The Morgan fingerprint density at radius 1 is 1.00 bits per heavy atom. The predicted octanol–water partition coefficient (Wildman–Crippen LogP) is 4.13. The highest BCUT2D eigenvalue weighted by Crippen LogP contribution is 2.43. The summed E-state index contributed by atoms with van der Waals surface area (Å²) < 4.78 is 11.7. The molecule has 0 saturated carbocycles. The first-order valence-electron chi connectivity index (χ1n) is 12.2. The molecule has 0 aromatic heterocycles. The Labute approximate surface area is 209 Å². The van der Waals surface area contributed by atoms with Gasteiger partial charge in [-0.3, -0.25) is 0 Å². The topological polar surface area (TPSA) is 103 Å². The monoisotopic (exact) mass is 487 g/mol. The molecule has 186 valence electrons. The molecular formula is C29H31N2O5+. The van der Waals surface area contributed by atoms with E-state index in [0.29, 0.717) is 22.5 Å². The summed E-state index contributed by atoms with van der Waals surface area (Å²) >= 11 is 0. The van der Waals surface area contributed by atoms with E-state index in [1.165, 1.54) is 12.1 Å². The van der Waals surface area contributed by atoms with Crippen LogP contribution in [0.2, 0.25) is 0 Å². The van der Waals surface area contributed by atoms with E-state index in [-0.39, 0.29) is 12.2 Å². The van der Waals surface area contributed by atoms with Gasteiger partial charge in [-0.05, 0) is 76.1 Å². The predicted molar refractivity (Wildman–Crippen MR) is 139 cm³/mol. The number of aromatic carboxylic acids is 1. The van der Waals surface area contributed by atoms with Crippen LogP contribution in [0.5, 0.6) is 0 Å². The molecule has 0 saturated heterocycles. The second-order valence-electron chi connectivity index (χ2n) is 8.65. The number of carbonyl (C=O) groups is 2. The van der Waals surface area contributed by atoms with Crippen molar-refractivity contribution in [3.63, 3.8) is 0 Å². The van der Waals surface area contributed by atoms with Crippen LogP contribution >= 0.6 is 0 Å². The van der Waals surface area contributed by atoms with E-state index in [0.717, 1.165) is 51.8 Å². The fraction of sp³-hybridized carbons (Fsp3) is 0.276. The van der Waals surface area contributed by atoms with Crippen LogP contribution in [-0.4, -0.2) is 36.7 Å². The lowest BCUT2D eigenvalue weighted by atomic mass is 9.88. The molecule has 7 nitrogen and oxygen atoms in total. The zero-order valence-corrected chi connectivity index (χ0v) is 21.2. The Bertz CT molecular complexity index is 1520. The summed E-state index contributed by atoms with van der Waals surface area (Å²) in [6, 6.07) is 12.4. The van der Waals surface area contributed by atoms with Gasteiger partial charge in [0, 0.05) is 40.4 Å². The van der Waals surface area contributed by atoms with Crippen LogP contribution in [0.15, 0.2) is 46.9 Å². The standard InChI is InChI=1S/C29H30N2O5/c1-6-30-23-14-25-21(11-16(23)4)27(22-12-17(5)24(31-7-2)15-26(22)36-25)20-13-18(28(32)33)9-10-19(20)29(34)35-8-3/h9-15,30H,6-8H2,1-5H3,(H,32,33)/p+1. The minimum Gasteiger partial charge on any atom is -0.478 e. The number of carbonyl (C=O) groups excluding carboxylic acids is 1. The smallest absolute Gasteiger partial charge is 0.338 e. The van der Waals surface area contributed by atoms with E-state index in [1.54, 1.807) is 13.0 Å². The minimum absolute atomic E-state index is 0.0853. The number of hydrogen-bond donors (Lipinski definition) is 3. The van der Waals surface area contributed by atoms with Crippen molar-refractivity contribution >= 4 is 28.6 Å². The molecule has 0 spiro atoms. The second kappa shape index (κ2) is 10.2. The Morgan fingerprint density at radius 3 is 2.44 bits per heavy atom. The second-order valence-corrected chi connectivity index (χ2v) is 8.65. The van der Waals surface area contributed by atoms with Crippen LogP contribution < -0.4 is 15.7 Å². The molecule has 0 unspecified atom stereocenters. The molecule has 36 heavy (non-hydrogen) atoms. The molecule has 1 aliphatic carbocycles. The number of anilines is 1. The maximum Gasteiger partial charge on any atom is 0.338 e. The van der Waals surface area contributed by atoms with E-state index in [9.17, 15) is 14.7 Å². The van der Waals surface area contributed by atoms with Gasteiger partial charge < -0.3 is 19.6 Å². The Hall–Kier alpha value is -4.13. The van der Waals surface area contributed by atoms with Gasteiger partial charge in [0.15, 0.2) is 0 Å². The largest absolute Gasteiger partial charge is 0.478 e. The van der Waals surface area contributed by atoms with Gasteiger partial charge in [0.2, 0.25) is 5.36 Å². The number of benzene rings is 3. The highest BCUT2D eigenvalue weighted by Gasteiger charge is 2.25. The number of fused-ring (bicyclic) bond motifs is 2. The van der Waals surface area contributed by atoms with E-state index in [4.69, 9.17) is 9.15 Å². The average molecular weight is 488 g/mol. The summed E-state index contributed by atoms with van der Waals surface area (Å²) in [6.07, 6.45) is 0. The third kappa shape index (κ3) is 4.56. The molecule has 4 rings (SSSR count). The molecule has 0 fully saturated rings. The SMILES string of the molecule is CCNc1cc2oc3cc(=[NH+]CC)c(C)cc-3c(-c3cc(C(=O)O)ccc3C(=O)OCC)c2cc1C. The normalized spacial score (nSPS) is 11.8. The quantitative estimate of drug-likeness (QED) is 0.268. The van der Waals surface area contributed by atoms with Crippen molar-refractivity contribution in [1.29, 1.82) is 0 Å².